The maximum Gasteiger partial charge on any atom is 0.208 e. The molecular weight excluding hydrogens is 358 g/mol. The molecule has 0 spiro atoms. The summed E-state index contributed by atoms with van der Waals surface area (Å²) in [5.41, 5.74) is 0. The van der Waals surface area contributed by atoms with E-state index >= 15 is 0 Å². The van der Waals surface area contributed by atoms with Gasteiger partial charge in [-0.1, -0.05) is 6.07 Å². The number of nitrogens with zero attached hydrogens (tertiary/aromatic N) is 2. The Kier molecular flexibility index (Phi) is 8.14. The lowest BCUT2D eigenvalue weighted by molar-refractivity contribution is 0.249. The minimum Gasteiger partial charge on any atom is -0.356 e. The number of hydrogen-bond donors (Lipinski definition) is 3. The molecule has 142 valence electrons. The van der Waals surface area contributed by atoms with Crippen LogP contribution in [0.4, 0.5) is 0 Å². The van der Waals surface area contributed by atoms with Gasteiger partial charge in [-0.3, -0.25) is 9.89 Å². The lowest BCUT2D eigenvalue weighted by Gasteiger charge is -2.27. The Morgan fingerprint density at radius 3 is 2.68 bits per heavy atom. The highest BCUT2D eigenvalue weighted by Gasteiger charge is 2.24. The van der Waals surface area contributed by atoms with Crippen LogP contribution in [0.15, 0.2) is 22.5 Å². The van der Waals surface area contributed by atoms with Crippen molar-refractivity contribution in [2.45, 2.75) is 25.3 Å². The van der Waals surface area contributed by atoms with Crippen molar-refractivity contribution < 1.29 is 8.42 Å². The molecule has 2 rings (SSSR count). The Bertz CT molecular complexity index is 625. The van der Waals surface area contributed by atoms with Gasteiger partial charge < -0.3 is 10.6 Å². The monoisotopic (exact) mass is 387 g/mol. The van der Waals surface area contributed by atoms with Gasteiger partial charge in [0.25, 0.3) is 0 Å². The normalized spacial score (nSPS) is 17.6. The molecule has 1 fully saturated rings. The molecule has 3 N–H and O–H groups in total. The number of nitrogens with one attached hydrogen (secondary N) is 3. The smallest absolute Gasteiger partial charge is 0.208 e. The zero-order valence-electron chi connectivity index (χ0n) is 15.0. The summed E-state index contributed by atoms with van der Waals surface area (Å²) in [5.74, 6) is 0.750. The van der Waals surface area contributed by atoms with Gasteiger partial charge in [-0.05, 0) is 43.8 Å². The molecule has 0 aromatic carbocycles. The lowest BCUT2D eigenvalue weighted by atomic mass is 10.2. The minimum atomic E-state index is -3.11. The molecule has 0 bridgehead atoms. The van der Waals surface area contributed by atoms with Crippen LogP contribution in [0, 0.1) is 0 Å². The summed E-state index contributed by atoms with van der Waals surface area (Å²) in [6.07, 6.45) is 4.41. The summed E-state index contributed by atoms with van der Waals surface area (Å²) >= 11 is 1.80. The van der Waals surface area contributed by atoms with E-state index in [1.54, 1.807) is 18.4 Å². The molecule has 1 aromatic heterocycles. The molecule has 0 saturated carbocycles. The van der Waals surface area contributed by atoms with Crippen LogP contribution in [0.5, 0.6) is 0 Å². The molecule has 1 unspecified atom stereocenters. The van der Waals surface area contributed by atoms with E-state index in [0.29, 0.717) is 25.6 Å². The van der Waals surface area contributed by atoms with Gasteiger partial charge in [-0.15, -0.1) is 11.3 Å². The average molecular weight is 388 g/mol. The van der Waals surface area contributed by atoms with Crippen molar-refractivity contribution in [2.75, 3.05) is 46.0 Å². The van der Waals surface area contributed by atoms with Crippen molar-refractivity contribution >= 4 is 27.3 Å². The quantitative estimate of drug-likeness (QED) is 0.334. The number of rotatable bonds is 9. The van der Waals surface area contributed by atoms with Gasteiger partial charge in [0.05, 0.1) is 12.3 Å². The van der Waals surface area contributed by atoms with Crippen molar-refractivity contribution in [3.63, 3.8) is 0 Å². The predicted molar refractivity (Wildman–Crippen MR) is 105 cm³/mol. The number of thiophene rings is 1. The molecule has 25 heavy (non-hydrogen) atoms. The Morgan fingerprint density at radius 1 is 1.32 bits per heavy atom. The fourth-order valence-electron chi connectivity index (χ4n) is 2.91. The molecule has 1 aliphatic rings. The lowest BCUT2D eigenvalue weighted by Crippen LogP contribution is -2.43. The second-order valence-corrected chi connectivity index (χ2v) is 8.99. The topological polar surface area (TPSA) is 85.8 Å². The van der Waals surface area contributed by atoms with E-state index in [0.717, 1.165) is 25.6 Å². The van der Waals surface area contributed by atoms with E-state index in [9.17, 15) is 8.42 Å². The van der Waals surface area contributed by atoms with E-state index in [1.165, 1.54) is 24.0 Å². The van der Waals surface area contributed by atoms with E-state index in [-0.39, 0.29) is 0 Å². The Morgan fingerprint density at radius 2 is 2.08 bits per heavy atom. The zero-order chi connectivity index (χ0) is 18.1. The van der Waals surface area contributed by atoms with Crippen LogP contribution in [0.3, 0.4) is 0 Å². The standard InChI is InChI=1S/C16H29N5O2S2/c1-17-16(18-8-6-9-20-25(2,22)23)19-13-14(15-7-5-12-24-15)21-10-3-4-11-21/h5,7,12,14,20H,3-4,6,8-11,13H2,1-2H3,(H2,17,18,19). The molecule has 2 heterocycles. The second kappa shape index (κ2) is 10.1. The van der Waals surface area contributed by atoms with Crippen LogP contribution >= 0.6 is 11.3 Å². The summed E-state index contributed by atoms with van der Waals surface area (Å²) in [7, 11) is -1.36. The number of aliphatic imine (C=N–C) groups is 1. The second-order valence-electron chi connectivity index (χ2n) is 6.17. The molecule has 1 aromatic rings. The van der Waals surface area contributed by atoms with Gasteiger partial charge in [0.2, 0.25) is 10.0 Å². The first kappa shape index (κ1) is 20.2. The van der Waals surface area contributed by atoms with E-state index < -0.39 is 10.0 Å². The van der Waals surface area contributed by atoms with Gasteiger partial charge in [0.15, 0.2) is 5.96 Å². The Balaban J connectivity index is 1.77. The molecule has 0 aliphatic carbocycles. The highest BCUT2D eigenvalue weighted by Crippen LogP contribution is 2.27. The highest BCUT2D eigenvalue weighted by atomic mass is 32.2. The third-order valence-corrected chi connectivity index (χ3v) is 5.85. The fraction of sp³-hybridized carbons (Fsp3) is 0.688. The molecule has 0 amide bonds. The van der Waals surface area contributed by atoms with Crippen LogP contribution in [-0.4, -0.2) is 65.3 Å². The van der Waals surface area contributed by atoms with Gasteiger partial charge in [0.1, 0.15) is 0 Å². The number of guanidine groups is 1. The molecule has 0 radical (unpaired) electrons. The molecule has 1 saturated heterocycles. The molecule has 7 nitrogen and oxygen atoms in total. The van der Waals surface area contributed by atoms with E-state index in [1.807, 2.05) is 0 Å². The van der Waals surface area contributed by atoms with Crippen molar-refractivity contribution in [2.24, 2.45) is 4.99 Å². The van der Waals surface area contributed by atoms with Crippen LogP contribution in [0.1, 0.15) is 30.2 Å². The minimum absolute atomic E-state index is 0.368. The van der Waals surface area contributed by atoms with E-state index in [4.69, 9.17) is 0 Å². The molecular formula is C16H29N5O2S2. The maximum absolute atomic E-state index is 11.0. The Labute approximate surface area is 155 Å². The molecule has 1 aliphatic heterocycles. The largest absolute Gasteiger partial charge is 0.356 e. The predicted octanol–water partition coefficient (Wildman–Crippen LogP) is 0.989. The van der Waals surface area contributed by atoms with Gasteiger partial charge >= 0.3 is 0 Å². The summed E-state index contributed by atoms with van der Waals surface area (Å²) in [5, 5.41) is 8.77. The summed E-state index contributed by atoms with van der Waals surface area (Å²) < 4.78 is 24.5. The van der Waals surface area contributed by atoms with Crippen molar-refractivity contribution in [1.82, 2.24) is 20.3 Å². The zero-order valence-corrected chi connectivity index (χ0v) is 16.6. The first-order valence-electron chi connectivity index (χ1n) is 8.66. The van der Waals surface area contributed by atoms with Crippen molar-refractivity contribution in [1.29, 1.82) is 0 Å². The summed E-state index contributed by atoms with van der Waals surface area (Å²) in [4.78, 5) is 8.16. The summed E-state index contributed by atoms with van der Waals surface area (Å²) in [6.45, 7) is 4.19. The van der Waals surface area contributed by atoms with Gasteiger partial charge in [-0.2, -0.15) is 0 Å². The average Bonchev–Trinajstić information content (AvgIpc) is 3.26. The molecule has 9 heteroatoms. The third-order valence-electron chi connectivity index (χ3n) is 4.15. The van der Waals surface area contributed by atoms with Crippen molar-refractivity contribution in [3.05, 3.63) is 22.4 Å². The van der Waals surface area contributed by atoms with Crippen LogP contribution < -0.4 is 15.4 Å². The Hall–Kier alpha value is -1.16. The van der Waals surface area contributed by atoms with Crippen LogP contribution in [0.25, 0.3) is 0 Å². The SMILES string of the molecule is CN=C(NCCCNS(C)(=O)=O)NCC(c1cccs1)N1CCCC1. The first-order chi connectivity index (χ1) is 12.0. The van der Waals surface area contributed by atoms with Crippen LogP contribution in [0.2, 0.25) is 0 Å². The molecule has 1 atom stereocenters. The summed E-state index contributed by atoms with van der Waals surface area (Å²) in [6, 6.07) is 4.67. The highest BCUT2D eigenvalue weighted by molar-refractivity contribution is 7.88. The van der Waals surface area contributed by atoms with Crippen LogP contribution in [-0.2, 0) is 10.0 Å². The first-order valence-corrected chi connectivity index (χ1v) is 11.4. The fourth-order valence-corrected chi connectivity index (χ4v) is 4.29. The maximum atomic E-state index is 11.0. The van der Waals surface area contributed by atoms with Crippen molar-refractivity contribution in [3.8, 4) is 0 Å². The van der Waals surface area contributed by atoms with Gasteiger partial charge in [-0.25, -0.2) is 13.1 Å². The number of likely N-dealkylation sites (tertiary alicyclic amines) is 1. The van der Waals surface area contributed by atoms with Gasteiger partial charge in [0, 0.05) is 31.6 Å². The number of sulfonamides is 1. The van der Waals surface area contributed by atoms with E-state index in [2.05, 4.69) is 42.8 Å². The third kappa shape index (κ3) is 7.31. The number of hydrogen-bond acceptors (Lipinski definition) is 5.